The summed E-state index contributed by atoms with van der Waals surface area (Å²) >= 11 is 24.4. The number of aromatic nitrogens is 1. The van der Waals surface area contributed by atoms with E-state index >= 15 is 0 Å². The summed E-state index contributed by atoms with van der Waals surface area (Å²) in [7, 11) is 0. The summed E-state index contributed by atoms with van der Waals surface area (Å²) in [4.78, 5) is 24.0. The van der Waals surface area contributed by atoms with Gasteiger partial charge in [-0.1, -0.05) is 46.4 Å². The van der Waals surface area contributed by atoms with Gasteiger partial charge in [-0.05, 0) is 36.4 Å². The Bertz CT molecular complexity index is 940. The number of hydrogen-bond acceptors (Lipinski definition) is 4. The van der Waals surface area contributed by atoms with Gasteiger partial charge in [0.2, 0.25) is 15.9 Å². The highest BCUT2D eigenvalue weighted by Gasteiger charge is 2.44. The Kier molecular flexibility index (Phi) is 6.70. The predicted octanol–water partition coefficient (Wildman–Crippen LogP) is 3.82. The van der Waals surface area contributed by atoms with E-state index in [1.807, 2.05) is 6.07 Å². The highest BCUT2D eigenvalue weighted by atomic mass is 35.6. The highest BCUT2D eigenvalue weighted by molar-refractivity contribution is 6.68. The number of nitriles is 1. The maximum absolute atomic E-state index is 12.7. The number of nitrogens with one attached hydrogen (secondary N) is 1. The van der Waals surface area contributed by atoms with Crippen LogP contribution in [0.25, 0.3) is 0 Å². The first-order chi connectivity index (χ1) is 13.8. The van der Waals surface area contributed by atoms with Crippen LogP contribution in [0.4, 0.5) is 5.69 Å². The first-order valence-corrected chi connectivity index (χ1v) is 9.86. The predicted molar refractivity (Wildman–Crippen MR) is 114 cm³/mol. The average molecular weight is 472 g/mol. The Morgan fingerprint density at radius 2 is 1.97 bits per heavy atom. The molecule has 11 heteroatoms. The summed E-state index contributed by atoms with van der Waals surface area (Å²) in [6, 6.07) is 9.87. The number of aliphatic imine (C=N–C) groups is 1. The minimum atomic E-state index is -1.90. The van der Waals surface area contributed by atoms with Gasteiger partial charge >= 0.3 is 0 Å². The molecule has 2 aromatic rings. The first kappa shape index (κ1) is 21.5. The molecule has 0 saturated carbocycles. The summed E-state index contributed by atoms with van der Waals surface area (Å²) in [5, 5.41) is 12.4. The van der Waals surface area contributed by atoms with Crippen LogP contribution in [-0.2, 0) is 0 Å². The summed E-state index contributed by atoms with van der Waals surface area (Å²) in [6.07, 6.45) is 3.95. The molecular weight excluding hydrogens is 458 g/mol. The van der Waals surface area contributed by atoms with Gasteiger partial charge in [0.1, 0.15) is 0 Å². The van der Waals surface area contributed by atoms with Crippen molar-refractivity contribution in [2.45, 2.75) is 9.96 Å². The van der Waals surface area contributed by atoms with Crippen LogP contribution in [0.3, 0.4) is 0 Å². The van der Waals surface area contributed by atoms with Crippen molar-refractivity contribution >= 4 is 64.0 Å². The summed E-state index contributed by atoms with van der Waals surface area (Å²) in [5.41, 5.74) is 1.06. The van der Waals surface area contributed by atoms with Crippen LogP contribution in [0.5, 0.6) is 0 Å². The molecule has 1 atom stereocenters. The van der Waals surface area contributed by atoms with Crippen LogP contribution in [0.15, 0.2) is 53.8 Å². The van der Waals surface area contributed by atoms with Crippen LogP contribution < -0.4 is 10.2 Å². The van der Waals surface area contributed by atoms with E-state index in [1.165, 1.54) is 0 Å². The number of nitrogens with zero attached hydrogens (tertiary/aromatic N) is 5. The zero-order valence-electron chi connectivity index (χ0n) is 14.8. The number of halogens is 4. The van der Waals surface area contributed by atoms with E-state index in [9.17, 15) is 10.1 Å². The molecule has 150 valence electrons. The number of hydrogen-bond donors (Lipinski definition) is 1. The third-order valence-corrected chi connectivity index (χ3v) is 5.04. The van der Waals surface area contributed by atoms with Gasteiger partial charge in [-0.15, -0.1) is 4.99 Å². The first-order valence-electron chi connectivity index (χ1n) is 8.35. The molecule has 1 amide bonds. The van der Waals surface area contributed by atoms with Crippen molar-refractivity contribution in [2.75, 3.05) is 18.0 Å². The topological polar surface area (TPSA) is 84.6 Å². The van der Waals surface area contributed by atoms with E-state index in [1.54, 1.807) is 58.7 Å². The van der Waals surface area contributed by atoms with Gasteiger partial charge in [-0.25, -0.2) is 0 Å². The molecule has 7 nitrogen and oxygen atoms in total. The van der Waals surface area contributed by atoms with E-state index in [0.29, 0.717) is 23.7 Å². The third kappa shape index (κ3) is 5.03. The molecule has 1 N–H and O–H groups in total. The van der Waals surface area contributed by atoms with Crippen LogP contribution in [0, 0.1) is 11.5 Å². The van der Waals surface area contributed by atoms with Crippen molar-refractivity contribution in [3.8, 4) is 6.19 Å². The number of pyridine rings is 1. The van der Waals surface area contributed by atoms with Gasteiger partial charge in [0.25, 0.3) is 5.91 Å². The number of guanidine groups is 1. The van der Waals surface area contributed by atoms with Gasteiger partial charge < -0.3 is 15.1 Å². The largest absolute Gasteiger partial charge is 0.328 e. The lowest BCUT2D eigenvalue weighted by molar-refractivity contribution is 0.0904. The lowest BCUT2D eigenvalue weighted by Crippen LogP contribution is -2.57. The average Bonchev–Trinajstić information content (AvgIpc) is 3.09. The van der Waals surface area contributed by atoms with Gasteiger partial charge in [0.05, 0.1) is 11.9 Å². The highest BCUT2D eigenvalue weighted by Crippen LogP contribution is 2.35. The number of rotatable bonds is 4. The lowest BCUT2D eigenvalue weighted by Gasteiger charge is -2.35. The quantitative estimate of drug-likeness (QED) is 0.541. The van der Waals surface area contributed by atoms with Crippen molar-refractivity contribution in [3.05, 3.63) is 59.4 Å². The molecule has 1 unspecified atom stereocenters. The molecule has 1 aliphatic rings. The number of carbonyl (C=O) groups is 1. The second-order valence-electron chi connectivity index (χ2n) is 5.99. The zero-order valence-corrected chi connectivity index (χ0v) is 17.8. The van der Waals surface area contributed by atoms with Crippen molar-refractivity contribution in [3.63, 3.8) is 0 Å². The minimum absolute atomic E-state index is 0.244. The van der Waals surface area contributed by atoms with Gasteiger partial charge in [0.15, 0.2) is 6.17 Å². The third-order valence-electron chi connectivity index (χ3n) is 4.17. The smallest absolute Gasteiger partial charge is 0.252 e. The Hall–Kier alpha value is -2.24. The zero-order chi connectivity index (χ0) is 21.0. The van der Waals surface area contributed by atoms with Crippen LogP contribution >= 0.6 is 46.4 Å². The van der Waals surface area contributed by atoms with Crippen molar-refractivity contribution in [2.24, 2.45) is 4.99 Å². The van der Waals surface area contributed by atoms with E-state index in [-0.39, 0.29) is 5.96 Å². The Balaban J connectivity index is 1.90. The van der Waals surface area contributed by atoms with Gasteiger partial charge in [0, 0.05) is 29.9 Å². The van der Waals surface area contributed by atoms with Crippen LogP contribution in [-0.4, -0.2) is 44.8 Å². The Morgan fingerprint density at radius 1 is 1.24 bits per heavy atom. The van der Waals surface area contributed by atoms with Crippen LogP contribution in [0.2, 0.25) is 5.02 Å². The molecule has 3 rings (SSSR count). The van der Waals surface area contributed by atoms with Crippen LogP contribution in [0.1, 0.15) is 10.4 Å². The van der Waals surface area contributed by atoms with E-state index in [2.05, 4.69) is 15.3 Å². The number of alkyl halides is 3. The number of amides is 1. The van der Waals surface area contributed by atoms with Crippen molar-refractivity contribution in [1.29, 1.82) is 5.26 Å². The molecule has 0 spiro atoms. The lowest BCUT2D eigenvalue weighted by atomic mass is 10.2. The molecule has 0 radical (unpaired) electrons. The van der Waals surface area contributed by atoms with Crippen molar-refractivity contribution in [1.82, 2.24) is 15.2 Å². The normalized spacial score (nSPS) is 16.6. The summed E-state index contributed by atoms with van der Waals surface area (Å²) < 4.78 is -1.90. The molecule has 0 aliphatic carbocycles. The second-order valence-corrected chi connectivity index (χ2v) is 8.80. The molecule has 1 aromatic heterocycles. The summed E-state index contributed by atoms with van der Waals surface area (Å²) in [5.74, 6) is -0.220. The molecular formula is C18H14Cl4N6O. The van der Waals surface area contributed by atoms with E-state index in [0.717, 1.165) is 5.69 Å². The molecule has 1 saturated heterocycles. The molecule has 1 aliphatic heterocycles. The Morgan fingerprint density at radius 3 is 2.55 bits per heavy atom. The van der Waals surface area contributed by atoms with Crippen molar-refractivity contribution < 1.29 is 4.79 Å². The second kappa shape index (κ2) is 9.06. The number of anilines is 1. The monoisotopic (exact) mass is 470 g/mol. The minimum Gasteiger partial charge on any atom is -0.328 e. The number of carbonyl (C=O) groups excluding carboxylic acids is 1. The fourth-order valence-corrected chi connectivity index (χ4v) is 3.52. The van der Waals surface area contributed by atoms with Gasteiger partial charge in [-0.2, -0.15) is 5.26 Å². The van der Waals surface area contributed by atoms with E-state index < -0.39 is 15.9 Å². The maximum atomic E-state index is 12.7. The van der Waals surface area contributed by atoms with Gasteiger partial charge in [-0.3, -0.25) is 9.78 Å². The molecule has 0 bridgehead atoms. The fourth-order valence-electron chi connectivity index (χ4n) is 2.88. The van der Waals surface area contributed by atoms with E-state index in [4.69, 9.17) is 46.4 Å². The number of benzene rings is 1. The Labute approximate surface area is 187 Å². The SMILES string of the molecule is N#CN=C1N(c2cccnc2)CCN1C(NC(=O)c1ccc(Cl)cc1)C(Cl)(Cl)Cl. The molecule has 1 aromatic carbocycles. The maximum Gasteiger partial charge on any atom is 0.252 e. The summed E-state index contributed by atoms with van der Waals surface area (Å²) in [6.45, 7) is 0.815. The fraction of sp³-hybridized carbons (Fsp3) is 0.222. The standard InChI is InChI=1S/C18H14Cl4N6O/c19-13-5-3-12(4-6-13)15(29)26-16(18(20,21)22)28-9-8-27(17(28)25-11-23)14-2-1-7-24-10-14/h1-7,10,16H,8-9H2,(H,26,29). The molecule has 2 heterocycles. The molecule has 1 fully saturated rings. The molecule has 29 heavy (non-hydrogen) atoms.